The van der Waals surface area contributed by atoms with E-state index in [0.717, 1.165) is 6.07 Å². The average molecular weight is 242 g/mol. The molecule has 0 spiro atoms. The van der Waals surface area contributed by atoms with Crippen LogP contribution in [0.2, 0.25) is 5.02 Å². The zero-order chi connectivity index (χ0) is 11.7. The van der Waals surface area contributed by atoms with Gasteiger partial charge in [-0.3, -0.25) is 5.10 Å². The number of H-pyrrole nitrogens is 1. The summed E-state index contributed by atoms with van der Waals surface area (Å²) < 4.78 is 13.4. The van der Waals surface area contributed by atoms with E-state index in [9.17, 15) is 9.18 Å². The third-order valence-electron chi connectivity index (χ3n) is 1.86. The predicted octanol–water partition coefficient (Wildman–Crippen LogP) is 1.96. The summed E-state index contributed by atoms with van der Waals surface area (Å²) in [6.07, 6.45) is 0. The Hall–Kier alpha value is -1.95. The SMILES string of the molecule is O=C(O)c1nc(-c2ccc(Cl)cc2F)n[nH]1. The molecule has 1 heterocycles. The minimum atomic E-state index is -1.26. The van der Waals surface area contributed by atoms with Gasteiger partial charge < -0.3 is 5.11 Å². The number of aromatic amines is 1. The Morgan fingerprint density at radius 2 is 2.25 bits per heavy atom. The van der Waals surface area contributed by atoms with Gasteiger partial charge in [0.2, 0.25) is 5.82 Å². The molecular formula is C9H5ClFN3O2. The molecule has 0 saturated heterocycles. The Balaban J connectivity index is 2.46. The van der Waals surface area contributed by atoms with Gasteiger partial charge in [0.25, 0.3) is 0 Å². The number of aromatic carboxylic acids is 1. The Bertz CT molecular complexity index is 555. The molecule has 1 aromatic heterocycles. The zero-order valence-corrected chi connectivity index (χ0v) is 8.49. The van der Waals surface area contributed by atoms with Crippen LogP contribution in [-0.2, 0) is 0 Å². The van der Waals surface area contributed by atoms with Gasteiger partial charge in [0.05, 0.1) is 5.56 Å². The van der Waals surface area contributed by atoms with Gasteiger partial charge in [0, 0.05) is 5.02 Å². The van der Waals surface area contributed by atoms with Crippen LogP contribution in [0.4, 0.5) is 4.39 Å². The topological polar surface area (TPSA) is 78.9 Å². The molecule has 0 aliphatic carbocycles. The highest BCUT2D eigenvalue weighted by Crippen LogP contribution is 2.22. The molecule has 7 heteroatoms. The molecule has 0 atom stereocenters. The van der Waals surface area contributed by atoms with Gasteiger partial charge in [-0.2, -0.15) is 5.10 Å². The van der Waals surface area contributed by atoms with Gasteiger partial charge in [-0.25, -0.2) is 14.2 Å². The minimum absolute atomic E-state index is 0.0217. The maximum atomic E-state index is 13.4. The van der Waals surface area contributed by atoms with Crippen molar-refractivity contribution in [1.82, 2.24) is 15.2 Å². The van der Waals surface area contributed by atoms with Crippen molar-refractivity contribution in [2.45, 2.75) is 0 Å². The molecule has 2 N–H and O–H groups in total. The second-order valence-corrected chi connectivity index (χ2v) is 3.37. The van der Waals surface area contributed by atoms with E-state index < -0.39 is 11.8 Å². The van der Waals surface area contributed by atoms with Crippen molar-refractivity contribution in [3.8, 4) is 11.4 Å². The lowest BCUT2D eigenvalue weighted by Crippen LogP contribution is -1.98. The molecule has 0 saturated carbocycles. The van der Waals surface area contributed by atoms with Crippen molar-refractivity contribution in [3.63, 3.8) is 0 Å². The van der Waals surface area contributed by atoms with E-state index in [2.05, 4.69) is 15.2 Å². The number of carboxylic acid groups (broad SMARTS) is 1. The average Bonchev–Trinajstić information content (AvgIpc) is 2.66. The van der Waals surface area contributed by atoms with Crippen LogP contribution < -0.4 is 0 Å². The molecule has 2 rings (SSSR count). The number of hydrogen-bond acceptors (Lipinski definition) is 3. The summed E-state index contributed by atoms with van der Waals surface area (Å²) in [4.78, 5) is 14.2. The third kappa shape index (κ3) is 1.87. The fraction of sp³-hybridized carbons (Fsp3) is 0. The first-order valence-corrected chi connectivity index (χ1v) is 4.57. The number of nitrogens with zero attached hydrogens (tertiary/aromatic N) is 2. The van der Waals surface area contributed by atoms with Gasteiger partial charge in [0.1, 0.15) is 5.82 Å². The maximum Gasteiger partial charge on any atom is 0.373 e. The van der Waals surface area contributed by atoms with Crippen molar-refractivity contribution < 1.29 is 14.3 Å². The highest BCUT2D eigenvalue weighted by atomic mass is 35.5. The van der Waals surface area contributed by atoms with Crippen molar-refractivity contribution in [1.29, 1.82) is 0 Å². The minimum Gasteiger partial charge on any atom is -0.475 e. The first-order valence-electron chi connectivity index (χ1n) is 4.19. The first-order chi connectivity index (χ1) is 7.58. The molecule has 0 amide bonds. The summed E-state index contributed by atoms with van der Waals surface area (Å²) in [5.74, 6) is -2.23. The van der Waals surface area contributed by atoms with Crippen molar-refractivity contribution >= 4 is 17.6 Å². The summed E-state index contributed by atoms with van der Waals surface area (Å²) in [6, 6.07) is 3.96. The fourth-order valence-corrected chi connectivity index (χ4v) is 1.31. The molecule has 0 radical (unpaired) electrons. The van der Waals surface area contributed by atoms with Crippen LogP contribution in [0.3, 0.4) is 0 Å². The standard InChI is InChI=1S/C9H5ClFN3O2/c10-4-1-2-5(6(11)3-4)7-12-8(9(15)16)14-13-7/h1-3H,(H,15,16)(H,12,13,14). The van der Waals surface area contributed by atoms with E-state index in [1.165, 1.54) is 12.1 Å². The number of carboxylic acids is 1. The van der Waals surface area contributed by atoms with Gasteiger partial charge in [0.15, 0.2) is 5.82 Å². The van der Waals surface area contributed by atoms with E-state index >= 15 is 0 Å². The number of benzene rings is 1. The lowest BCUT2D eigenvalue weighted by Gasteiger charge is -1.97. The van der Waals surface area contributed by atoms with Crippen molar-refractivity contribution in [2.24, 2.45) is 0 Å². The van der Waals surface area contributed by atoms with Crippen molar-refractivity contribution in [3.05, 3.63) is 34.9 Å². The molecule has 0 bridgehead atoms. The molecule has 16 heavy (non-hydrogen) atoms. The normalized spacial score (nSPS) is 10.4. The van der Waals surface area contributed by atoms with Crippen LogP contribution in [0.15, 0.2) is 18.2 Å². The monoisotopic (exact) mass is 241 g/mol. The van der Waals surface area contributed by atoms with Gasteiger partial charge >= 0.3 is 5.97 Å². The fourth-order valence-electron chi connectivity index (χ4n) is 1.15. The molecular weight excluding hydrogens is 237 g/mol. The van der Waals surface area contributed by atoms with E-state index in [4.69, 9.17) is 16.7 Å². The first kappa shape index (κ1) is 10.6. The van der Waals surface area contributed by atoms with E-state index in [0.29, 0.717) is 0 Å². The smallest absolute Gasteiger partial charge is 0.373 e. The second-order valence-electron chi connectivity index (χ2n) is 2.94. The van der Waals surface area contributed by atoms with E-state index in [1.54, 1.807) is 0 Å². The molecule has 1 aromatic carbocycles. The maximum absolute atomic E-state index is 13.4. The summed E-state index contributed by atoms with van der Waals surface area (Å²) in [7, 11) is 0. The third-order valence-corrected chi connectivity index (χ3v) is 2.10. The molecule has 0 unspecified atom stereocenters. The lowest BCUT2D eigenvalue weighted by atomic mass is 10.2. The molecule has 5 nitrogen and oxygen atoms in total. The van der Waals surface area contributed by atoms with Crippen LogP contribution in [0, 0.1) is 5.82 Å². The zero-order valence-electron chi connectivity index (χ0n) is 7.74. The number of nitrogens with one attached hydrogen (secondary N) is 1. The van der Waals surface area contributed by atoms with E-state index in [1.807, 2.05) is 0 Å². The van der Waals surface area contributed by atoms with Crippen LogP contribution in [0.5, 0.6) is 0 Å². The highest BCUT2D eigenvalue weighted by Gasteiger charge is 2.14. The van der Waals surface area contributed by atoms with E-state index in [-0.39, 0.29) is 22.2 Å². The Kier molecular flexibility index (Phi) is 2.57. The summed E-state index contributed by atoms with van der Waals surface area (Å²) >= 11 is 5.58. The predicted molar refractivity (Wildman–Crippen MR) is 53.7 cm³/mol. The van der Waals surface area contributed by atoms with Gasteiger partial charge in [-0.15, -0.1) is 0 Å². The number of halogens is 2. The second kappa shape index (κ2) is 3.90. The molecule has 0 fully saturated rings. The number of aromatic nitrogens is 3. The van der Waals surface area contributed by atoms with Gasteiger partial charge in [-0.05, 0) is 18.2 Å². The summed E-state index contributed by atoms with van der Waals surface area (Å²) in [6.45, 7) is 0. The highest BCUT2D eigenvalue weighted by molar-refractivity contribution is 6.30. The Morgan fingerprint density at radius 3 is 2.81 bits per heavy atom. The lowest BCUT2D eigenvalue weighted by molar-refractivity contribution is 0.0684. The molecule has 0 aliphatic heterocycles. The Morgan fingerprint density at radius 1 is 1.50 bits per heavy atom. The van der Waals surface area contributed by atoms with Crippen molar-refractivity contribution in [2.75, 3.05) is 0 Å². The molecule has 0 aliphatic rings. The molecule has 82 valence electrons. The van der Waals surface area contributed by atoms with Crippen LogP contribution in [0.25, 0.3) is 11.4 Å². The Labute approximate surface area is 93.9 Å². The largest absolute Gasteiger partial charge is 0.475 e. The van der Waals surface area contributed by atoms with Crippen LogP contribution >= 0.6 is 11.6 Å². The van der Waals surface area contributed by atoms with Crippen LogP contribution in [-0.4, -0.2) is 26.3 Å². The molecule has 2 aromatic rings. The van der Waals surface area contributed by atoms with Crippen LogP contribution in [0.1, 0.15) is 10.6 Å². The number of hydrogen-bond donors (Lipinski definition) is 2. The number of rotatable bonds is 2. The quantitative estimate of drug-likeness (QED) is 0.842. The van der Waals surface area contributed by atoms with Gasteiger partial charge in [-0.1, -0.05) is 11.6 Å². The number of carbonyl (C=O) groups is 1. The summed E-state index contributed by atoms with van der Waals surface area (Å²) in [5, 5.41) is 14.6. The summed E-state index contributed by atoms with van der Waals surface area (Å²) in [5.41, 5.74) is 0.0909.